The number of ether oxygens (including phenoxy) is 2. The first-order valence-electron chi connectivity index (χ1n) is 15.7. The number of carbonyl (C=O) groups is 2. The second kappa shape index (κ2) is 14.8. The van der Waals surface area contributed by atoms with Crippen LogP contribution >= 0.6 is 0 Å². The molecule has 1 N–H and O–H groups in total. The van der Waals surface area contributed by atoms with Gasteiger partial charge in [0.2, 0.25) is 0 Å². The van der Waals surface area contributed by atoms with Gasteiger partial charge in [0.1, 0.15) is 11.7 Å². The molecular formula is C32H62O7Si2. The van der Waals surface area contributed by atoms with Crippen molar-refractivity contribution in [2.75, 3.05) is 7.11 Å². The number of hydrogen-bond acceptors (Lipinski definition) is 7. The van der Waals surface area contributed by atoms with Crippen LogP contribution in [0.15, 0.2) is 11.6 Å². The lowest BCUT2D eigenvalue weighted by atomic mass is 9.85. The number of hydrogen-bond donors (Lipinski definition) is 1. The molecule has 0 radical (unpaired) electrons. The summed E-state index contributed by atoms with van der Waals surface area (Å²) in [4.78, 5) is 27.1. The van der Waals surface area contributed by atoms with Gasteiger partial charge in [0.25, 0.3) is 0 Å². The first kappa shape index (κ1) is 38.2. The summed E-state index contributed by atoms with van der Waals surface area (Å²) >= 11 is 0. The van der Waals surface area contributed by atoms with Gasteiger partial charge in [-0.3, -0.25) is 9.59 Å². The number of Topliss-reactive ketones (excluding diaryl/α,β-unsaturated/α-hetero) is 1. The fourth-order valence-corrected chi connectivity index (χ4v) is 9.78. The monoisotopic (exact) mass is 614 g/mol. The summed E-state index contributed by atoms with van der Waals surface area (Å²) in [6.07, 6.45) is 1.42. The molecule has 0 amide bonds. The fraction of sp³-hybridized carbons (Fsp3) is 0.875. The Labute approximate surface area is 253 Å². The lowest BCUT2D eigenvalue weighted by molar-refractivity contribution is -0.169. The molecule has 0 bridgehead atoms. The number of esters is 1. The van der Waals surface area contributed by atoms with Crippen LogP contribution in [-0.4, -0.2) is 70.1 Å². The van der Waals surface area contributed by atoms with Gasteiger partial charge in [-0.2, -0.15) is 0 Å². The minimum atomic E-state index is -2.32. The molecule has 0 spiro atoms. The van der Waals surface area contributed by atoms with E-state index in [0.717, 1.165) is 18.1 Å². The van der Waals surface area contributed by atoms with Crippen LogP contribution in [0.1, 0.15) is 102 Å². The molecule has 41 heavy (non-hydrogen) atoms. The first-order valence-corrected chi connectivity index (χ1v) is 21.2. The third kappa shape index (κ3) is 9.57. The Kier molecular flexibility index (Phi) is 13.7. The van der Waals surface area contributed by atoms with Gasteiger partial charge in [-0.05, 0) is 88.5 Å². The van der Waals surface area contributed by atoms with Gasteiger partial charge in [0, 0.05) is 20.0 Å². The van der Waals surface area contributed by atoms with Crippen molar-refractivity contribution >= 4 is 28.4 Å². The van der Waals surface area contributed by atoms with Crippen LogP contribution in [-0.2, 0) is 27.9 Å². The Morgan fingerprint density at radius 3 is 2.02 bits per heavy atom. The van der Waals surface area contributed by atoms with E-state index in [1.807, 2.05) is 20.8 Å². The number of ketones is 1. The highest BCUT2D eigenvalue weighted by atomic mass is 28.4. The zero-order valence-electron chi connectivity index (χ0n) is 28.7. The summed E-state index contributed by atoms with van der Waals surface area (Å²) in [7, 11) is -2.76. The van der Waals surface area contributed by atoms with Crippen molar-refractivity contribution in [1.82, 2.24) is 0 Å². The maximum absolute atomic E-state index is 13.8. The van der Waals surface area contributed by atoms with Crippen LogP contribution in [0, 0.1) is 5.92 Å². The van der Waals surface area contributed by atoms with Crippen LogP contribution in [0.5, 0.6) is 0 Å². The van der Waals surface area contributed by atoms with Crippen LogP contribution < -0.4 is 0 Å². The van der Waals surface area contributed by atoms with Gasteiger partial charge in [-0.1, -0.05) is 48.5 Å². The van der Waals surface area contributed by atoms with Crippen molar-refractivity contribution in [1.29, 1.82) is 0 Å². The molecule has 9 heteroatoms. The van der Waals surface area contributed by atoms with Crippen molar-refractivity contribution in [2.45, 2.75) is 168 Å². The van der Waals surface area contributed by atoms with Gasteiger partial charge in [0.05, 0.1) is 23.7 Å². The Morgan fingerprint density at radius 1 is 1.05 bits per heavy atom. The smallest absolute Gasteiger partial charge is 0.311 e. The molecule has 0 aromatic heterocycles. The van der Waals surface area contributed by atoms with Crippen molar-refractivity contribution in [3.8, 4) is 0 Å². The third-order valence-corrected chi connectivity index (χ3v) is 19.3. The van der Waals surface area contributed by atoms with Gasteiger partial charge in [-0.25, -0.2) is 0 Å². The van der Waals surface area contributed by atoms with E-state index in [1.165, 1.54) is 6.08 Å². The quantitative estimate of drug-likeness (QED) is 0.211. The van der Waals surface area contributed by atoms with Crippen molar-refractivity contribution in [2.24, 2.45) is 5.92 Å². The van der Waals surface area contributed by atoms with Crippen molar-refractivity contribution < 1.29 is 33.0 Å². The van der Waals surface area contributed by atoms with E-state index >= 15 is 0 Å². The molecule has 0 saturated carbocycles. The fourth-order valence-electron chi connectivity index (χ4n) is 5.42. The predicted molar refractivity (Wildman–Crippen MR) is 172 cm³/mol. The highest BCUT2D eigenvalue weighted by Gasteiger charge is 2.48. The maximum atomic E-state index is 13.8. The molecule has 6 atom stereocenters. The van der Waals surface area contributed by atoms with Gasteiger partial charge >= 0.3 is 5.97 Å². The van der Waals surface area contributed by atoms with E-state index < -0.39 is 51.9 Å². The number of methoxy groups -OCH3 is 1. The largest absolute Gasteiger partial charge is 0.459 e. The molecule has 0 aliphatic carbocycles. The van der Waals surface area contributed by atoms with E-state index in [0.29, 0.717) is 24.8 Å². The maximum Gasteiger partial charge on any atom is 0.311 e. The lowest BCUT2D eigenvalue weighted by Crippen LogP contribution is -2.55. The Morgan fingerprint density at radius 2 is 1.59 bits per heavy atom. The van der Waals surface area contributed by atoms with E-state index in [1.54, 1.807) is 21.0 Å². The zero-order chi connectivity index (χ0) is 32.0. The van der Waals surface area contributed by atoms with Crippen LogP contribution in [0.2, 0.25) is 36.3 Å². The molecule has 0 aromatic carbocycles. The molecular weight excluding hydrogens is 553 g/mol. The second-order valence-corrected chi connectivity index (χ2v) is 23.6. The van der Waals surface area contributed by atoms with E-state index in [2.05, 4.69) is 54.6 Å². The van der Waals surface area contributed by atoms with Gasteiger partial charge < -0.3 is 23.4 Å². The molecule has 1 rings (SSSR count). The van der Waals surface area contributed by atoms with Gasteiger partial charge in [-0.15, -0.1) is 0 Å². The molecule has 7 nitrogen and oxygen atoms in total. The number of aliphatic hydroxyl groups is 1. The van der Waals surface area contributed by atoms with E-state index in [9.17, 15) is 14.7 Å². The number of carbonyl (C=O) groups excluding carboxylic acids is 2. The van der Waals surface area contributed by atoms with Crippen molar-refractivity contribution in [3.05, 3.63) is 11.6 Å². The summed E-state index contributed by atoms with van der Waals surface area (Å²) in [5.41, 5.74) is -1.83. The summed E-state index contributed by atoms with van der Waals surface area (Å²) in [5.74, 6) is -1.09. The average molecular weight is 615 g/mol. The molecule has 0 unspecified atom stereocenters. The molecule has 0 aromatic rings. The van der Waals surface area contributed by atoms with Crippen LogP contribution in [0.3, 0.4) is 0 Å². The number of allylic oxidation sites excluding steroid dienone is 1. The Bertz CT molecular complexity index is 896. The Hall–Kier alpha value is -0.846. The number of rotatable bonds is 9. The van der Waals surface area contributed by atoms with Crippen LogP contribution in [0.25, 0.3) is 0 Å². The molecule has 1 heterocycles. The highest BCUT2D eigenvalue weighted by molar-refractivity contribution is 6.74. The summed E-state index contributed by atoms with van der Waals surface area (Å²) in [6.45, 7) is 26.6. The predicted octanol–water partition coefficient (Wildman–Crippen LogP) is 7.58. The second-order valence-electron chi connectivity index (χ2n) is 14.1. The summed E-state index contributed by atoms with van der Waals surface area (Å²) < 4.78 is 26.4. The molecule has 240 valence electrons. The topological polar surface area (TPSA) is 91.3 Å². The van der Waals surface area contributed by atoms with Crippen molar-refractivity contribution in [3.63, 3.8) is 0 Å². The minimum Gasteiger partial charge on any atom is -0.459 e. The SMILES string of the molecule is CC[C@H]1OC(=O)[C@H](C)[C@@H](O[Si](C)(C)C(C)(C)C)C[C@@H](O[Si](CC)(CC)CC)[C@](C)(OC)CCC(=O)/C(C)=C/[C@]1(C)O. The zero-order valence-corrected chi connectivity index (χ0v) is 30.7. The highest BCUT2D eigenvalue weighted by Crippen LogP contribution is 2.41. The normalized spacial score (nSPS) is 33.1. The third-order valence-electron chi connectivity index (χ3n) is 10.2. The number of cyclic esters (lactones) is 1. The molecule has 0 fully saturated rings. The first-order chi connectivity index (χ1) is 18.7. The minimum absolute atomic E-state index is 0.0713. The molecule has 1 aliphatic heterocycles. The summed E-state index contributed by atoms with van der Waals surface area (Å²) in [6, 6.07) is 2.90. The van der Waals surface area contributed by atoms with Gasteiger partial charge in [0.15, 0.2) is 22.4 Å². The lowest BCUT2D eigenvalue weighted by Gasteiger charge is -2.46. The molecule has 0 saturated heterocycles. The van der Waals surface area contributed by atoms with E-state index in [4.69, 9.17) is 18.3 Å². The standard InChI is InChI=1S/C32H62O7Si2/c1-15-27-31(10,35)22-23(5)25(33)19-20-32(11,36-12)28(39-41(16-2,17-3)18-4)21-26(24(6)29(34)37-27)38-40(13,14)30(7,8)9/h22,24,26-28,35H,15-21H2,1-14H3/b23-22+/t24-,26+,27-,28-,31+,32-/m1/s1. The molecule has 1 aliphatic rings. The van der Waals surface area contributed by atoms with E-state index in [-0.39, 0.29) is 23.3 Å². The average Bonchev–Trinajstić information content (AvgIpc) is 2.89. The Balaban J connectivity index is 3.86. The summed E-state index contributed by atoms with van der Waals surface area (Å²) in [5, 5.41) is 11.3. The van der Waals surface area contributed by atoms with Crippen LogP contribution in [0.4, 0.5) is 0 Å².